The second-order valence-electron chi connectivity index (χ2n) is 5.84. The van der Waals surface area contributed by atoms with Crippen molar-refractivity contribution in [2.24, 2.45) is 5.73 Å². The lowest BCUT2D eigenvalue weighted by Crippen LogP contribution is -2.27. The van der Waals surface area contributed by atoms with E-state index in [2.05, 4.69) is 11.4 Å². The van der Waals surface area contributed by atoms with Crippen molar-refractivity contribution >= 4 is 17.4 Å². The van der Waals surface area contributed by atoms with Crippen LogP contribution in [0.2, 0.25) is 0 Å². The number of ether oxygens (including phenoxy) is 1. The molecule has 6 nitrogen and oxygen atoms in total. The van der Waals surface area contributed by atoms with E-state index in [1.165, 1.54) is 6.92 Å². The molecule has 3 rings (SSSR count). The number of rotatable bonds is 2. The lowest BCUT2D eigenvalue weighted by Gasteiger charge is -2.31. The number of nitrogens with one attached hydrogen (secondary N) is 1. The van der Waals surface area contributed by atoms with Crippen LogP contribution in [0.4, 0.5) is 5.69 Å². The van der Waals surface area contributed by atoms with E-state index in [-0.39, 0.29) is 23.1 Å². The summed E-state index contributed by atoms with van der Waals surface area (Å²) in [4.78, 5) is 23.6. The van der Waals surface area contributed by atoms with Crippen molar-refractivity contribution in [3.8, 4) is 6.07 Å². The van der Waals surface area contributed by atoms with Gasteiger partial charge in [-0.05, 0) is 24.1 Å². The minimum Gasteiger partial charge on any atom is -0.444 e. The van der Waals surface area contributed by atoms with Crippen molar-refractivity contribution in [2.75, 3.05) is 5.32 Å². The summed E-state index contributed by atoms with van der Waals surface area (Å²) in [6, 6.07) is 9.14. The van der Waals surface area contributed by atoms with E-state index in [1.807, 2.05) is 0 Å². The number of benzene rings is 1. The summed E-state index contributed by atoms with van der Waals surface area (Å²) < 4.78 is 5.53. The van der Waals surface area contributed by atoms with E-state index in [0.717, 1.165) is 12.0 Å². The molecular weight excluding hydrogens is 306 g/mol. The van der Waals surface area contributed by atoms with Gasteiger partial charge < -0.3 is 15.8 Å². The third kappa shape index (κ3) is 2.76. The number of nitrogens with zero attached hydrogens (tertiary/aromatic N) is 1. The lowest BCUT2D eigenvalue weighted by atomic mass is 9.77. The molecule has 0 unspecified atom stereocenters. The number of amides is 1. The zero-order valence-electron chi connectivity index (χ0n) is 13.3. The highest BCUT2D eigenvalue weighted by atomic mass is 16.5. The van der Waals surface area contributed by atoms with Gasteiger partial charge in [-0.2, -0.15) is 5.26 Å². The Hall–Kier alpha value is -3.07. The fourth-order valence-electron chi connectivity index (χ4n) is 3.15. The molecule has 0 aromatic heterocycles. The molecule has 1 atom stereocenters. The molecule has 122 valence electrons. The number of carbonyl (C=O) groups excluding carboxylic acids is 2. The summed E-state index contributed by atoms with van der Waals surface area (Å²) in [6.07, 6.45) is 1.81. The SMILES string of the molecule is CC(=O)Nc1ccc([C@H]2C(C#N)=C(N)OC3=C2C(=O)CCC3)cc1. The van der Waals surface area contributed by atoms with Crippen LogP contribution in [0.15, 0.2) is 47.1 Å². The minimum absolute atomic E-state index is 0.00700. The van der Waals surface area contributed by atoms with E-state index in [0.29, 0.717) is 29.9 Å². The van der Waals surface area contributed by atoms with Crippen molar-refractivity contribution in [1.29, 1.82) is 5.26 Å². The second-order valence-corrected chi connectivity index (χ2v) is 5.84. The molecule has 6 heteroatoms. The monoisotopic (exact) mass is 323 g/mol. The minimum atomic E-state index is -0.516. The van der Waals surface area contributed by atoms with Gasteiger partial charge in [0.05, 0.1) is 5.92 Å². The van der Waals surface area contributed by atoms with E-state index < -0.39 is 5.92 Å². The highest BCUT2D eigenvalue weighted by molar-refractivity contribution is 5.99. The van der Waals surface area contributed by atoms with Gasteiger partial charge in [0.2, 0.25) is 11.8 Å². The van der Waals surface area contributed by atoms with Crippen LogP contribution in [-0.2, 0) is 14.3 Å². The van der Waals surface area contributed by atoms with Gasteiger partial charge >= 0.3 is 0 Å². The molecule has 1 heterocycles. The molecule has 0 radical (unpaired) electrons. The zero-order valence-corrected chi connectivity index (χ0v) is 13.3. The summed E-state index contributed by atoms with van der Waals surface area (Å²) >= 11 is 0. The third-order valence-electron chi connectivity index (χ3n) is 4.17. The number of Topliss-reactive ketones (excluding diaryl/α,β-unsaturated/α-hetero) is 1. The quantitative estimate of drug-likeness (QED) is 0.869. The summed E-state index contributed by atoms with van der Waals surface area (Å²) in [7, 11) is 0. The fourth-order valence-corrected chi connectivity index (χ4v) is 3.15. The van der Waals surface area contributed by atoms with E-state index in [1.54, 1.807) is 24.3 Å². The van der Waals surface area contributed by atoms with Gasteiger partial charge in [0.1, 0.15) is 17.4 Å². The first-order valence-corrected chi connectivity index (χ1v) is 7.72. The maximum Gasteiger partial charge on any atom is 0.221 e. The maximum atomic E-state index is 12.4. The molecule has 0 saturated heterocycles. The maximum absolute atomic E-state index is 12.4. The summed E-state index contributed by atoms with van der Waals surface area (Å²) in [5, 5.41) is 12.2. The van der Waals surface area contributed by atoms with Crippen LogP contribution in [-0.4, -0.2) is 11.7 Å². The number of hydrogen-bond donors (Lipinski definition) is 2. The smallest absolute Gasteiger partial charge is 0.221 e. The molecule has 0 bridgehead atoms. The Morgan fingerprint density at radius 1 is 1.33 bits per heavy atom. The van der Waals surface area contributed by atoms with Crippen LogP contribution in [0.1, 0.15) is 37.7 Å². The van der Waals surface area contributed by atoms with Crippen molar-refractivity contribution in [3.05, 3.63) is 52.6 Å². The first-order valence-electron chi connectivity index (χ1n) is 7.72. The molecule has 1 aliphatic heterocycles. The van der Waals surface area contributed by atoms with Gasteiger partial charge in [-0.1, -0.05) is 12.1 Å². The van der Waals surface area contributed by atoms with Crippen LogP contribution in [0.3, 0.4) is 0 Å². The number of nitriles is 1. The zero-order chi connectivity index (χ0) is 17.3. The number of anilines is 1. The average molecular weight is 323 g/mol. The van der Waals surface area contributed by atoms with Gasteiger partial charge in [0, 0.05) is 31.0 Å². The van der Waals surface area contributed by atoms with E-state index >= 15 is 0 Å². The van der Waals surface area contributed by atoms with Gasteiger partial charge in [0.15, 0.2) is 5.78 Å². The number of carbonyl (C=O) groups is 2. The van der Waals surface area contributed by atoms with Crippen molar-refractivity contribution in [2.45, 2.75) is 32.1 Å². The predicted molar refractivity (Wildman–Crippen MR) is 87.3 cm³/mol. The Balaban J connectivity index is 2.05. The summed E-state index contributed by atoms with van der Waals surface area (Å²) in [6.45, 7) is 1.43. The summed E-state index contributed by atoms with van der Waals surface area (Å²) in [5.41, 5.74) is 8.10. The molecule has 1 amide bonds. The normalized spacial score (nSPS) is 20.2. The Morgan fingerprint density at radius 3 is 2.67 bits per heavy atom. The van der Waals surface area contributed by atoms with Crippen LogP contribution in [0.5, 0.6) is 0 Å². The second kappa shape index (κ2) is 6.20. The molecule has 0 spiro atoms. The molecular formula is C18H17N3O3. The highest BCUT2D eigenvalue weighted by Gasteiger charge is 2.37. The first-order chi connectivity index (χ1) is 11.5. The molecule has 3 N–H and O–H groups in total. The highest BCUT2D eigenvalue weighted by Crippen LogP contribution is 2.43. The molecule has 0 fully saturated rings. The van der Waals surface area contributed by atoms with Crippen LogP contribution in [0, 0.1) is 11.3 Å². The van der Waals surface area contributed by atoms with Gasteiger partial charge in [-0.3, -0.25) is 9.59 Å². The lowest BCUT2D eigenvalue weighted by molar-refractivity contribution is -0.117. The van der Waals surface area contributed by atoms with E-state index in [9.17, 15) is 14.9 Å². The summed E-state index contributed by atoms with van der Waals surface area (Å²) in [5.74, 6) is -0.0611. The number of nitrogens with two attached hydrogens (primary N) is 1. The Bertz CT molecular complexity index is 813. The largest absolute Gasteiger partial charge is 0.444 e. The molecule has 2 aliphatic rings. The Labute approximate surface area is 139 Å². The van der Waals surface area contributed by atoms with Crippen molar-refractivity contribution in [1.82, 2.24) is 0 Å². The van der Waals surface area contributed by atoms with Gasteiger partial charge in [0.25, 0.3) is 0 Å². The third-order valence-corrected chi connectivity index (χ3v) is 4.17. The number of allylic oxidation sites excluding steroid dienone is 3. The Morgan fingerprint density at radius 2 is 2.04 bits per heavy atom. The molecule has 24 heavy (non-hydrogen) atoms. The van der Waals surface area contributed by atoms with Crippen LogP contribution < -0.4 is 11.1 Å². The predicted octanol–water partition coefficient (Wildman–Crippen LogP) is 2.46. The molecule has 1 aliphatic carbocycles. The number of ketones is 1. The average Bonchev–Trinajstić information content (AvgIpc) is 2.54. The first kappa shape index (κ1) is 15.8. The Kier molecular flexibility index (Phi) is 4.09. The van der Waals surface area contributed by atoms with Crippen molar-refractivity contribution < 1.29 is 14.3 Å². The van der Waals surface area contributed by atoms with Crippen LogP contribution >= 0.6 is 0 Å². The van der Waals surface area contributed by atoms with Crippen molar-refractivity contribution in [3.63, 3.8) is 0 Å². The van der Waals surface area contributed by atoms with E-state index in [4.69, 9.17) is 10.5 Å². The molecule has 1 aromatic rings. The van der Waals surface area contributed by atoms with Crippen LogP contribution in [0.25, 0.3) is 0 Å². The van der Waals surface area contributed by atoms with Gasteiger partial charge in [-0.15, -0.1) is 0 Å². The topological polar surface area (TPSA) is 105 Å². The van der Waals surface area contributed by atoms with Gasteiger partial charge in [-0.25, -0.2) is 0 Å². The standard InChI is InChI=1S/C18H17N3O3/c1-10(22)21-12-7-5-11(6-8-12)16-13(9-19)18(20)24-15-4-2-3-14(23)17(15)16/h5-8,16H,2-4,20H2,1H3,(H,21,22)/t16-/m0/s1. The molecule has 0 saturated carbocycles. The fraction of sp³-hybridized carbons (Fsp3) is 0.278. The number of hydrogen-bond acceptors (Lipinski definition) is 5. The molecule has 1 aromatic carbocycles.